The van der Waals surface area contributed by atoms with Crippen molar-refractivity contribution in [3.63, 3.8) is 0 Å². The van der Waals surface area contributed by atoms with Gasteiger partial charge in [0.25, 0.3) is 0 Å². The summed E-state index contributed by atoms with van der Waals surface area (Å²) >= 11 is 3.38. The van der Waals surface area contributed by atoms with Crippen molar-refractivity contribution in [1.29, 1.82) is 0 Å². The Bertz CT molecular complexity index is 296. The number of aromatic nitrogens is 1. The van der Waals surface area contributed by atoms with Gasteiger partial charge in [-0.3, -0.25) is 4.98 Å². The molecule has 0 amide bonds. The van der Waals surface area contributed by atoms with E-state index in [-0.39, 0.29) is 0 Å². The Labute approximate surface area is 113 Å². The van der Waals surface area contributed by atoms with E-state index in [1.165, 1.54) is 13.0 Å². The number of hydrogen-bond acceptors (Lipinski definition) is 3. The number of nitrogens with one attached hydrogen (secondary N) is 1. The van der Waals surface area contributed by atoms with E-state index in [1.54, 1.807) is 0 Å². The fourth-order valence-corrected chi connectivity index (χ4v) is 1.93. The molecule has 0 saturated heterocycles. The molecular weight excluding hydrogens is 278 g/mol. The van der Waals surface area contributed by atoms with Crippen molar-refractivity contribution in [2.45, 2.75) is 26.8 Å². The zero-order valence-corrected chi connectivity index (χ0v) is 12.3. The predicted molar refractivity (Wildman–Crippen MR) is 76.0 cm³/mol. The number of hydrogen-bond donors (Lipinski definition) is 1. The predicted octanol–water partition coefficient (Wildman–Crippen LogP) is 2.67. The lowest BCUT2D eigenvalue weighted by molar-refractivity contribution is 0.298. The Morgan fingerprint density at radius 2 is 2.06 bits per heavy atom. The molecule has 3 nitrogen and oxygen atoms in total. The first-order chi connectivity index (χ1) is 8.26. The fourth-order valence-electron chi connectivity index (χ4n) is 1.69. The molecule has 0 saturated carbocycles. The van der Waals surface area contributed by atoms with E-state index in [4.69, 9.17) is 0 Å². The van der Waals surface area contributed by atoms with Gasteiger partial charge in [-0.2, -0.15) is 0 Å². The van der Waals surface area contributed by atoms with Gasteiger partial charge in [-0.1, -0.05) is 13.8 Å². The van der Waals surface area contributed by atoms with Gasteiger partial charge >= 0.3 is 0 Å². The van der Waals surface area contributed by atoms with Crippen LogP contribution in [0.15, 0.2) is 22.8 Å². The molecule has 17 heavy (non-hydrogen) atoms. The van der Waals surface area contributed by atoms with Gasteiger partial charge in [0.1, 0.15) is 0 Å². The second-order valence-corrected chi connectivity index (χ2v) is 4.94. The van der Waals surface area contributed by atoms with Crippen LogP contribution in [0.2, 0.25) is 0 Å². The van der Waals surface area contributed by atoms with Crippen molar-refractivity contribution in [3.8, 4) is 0 Å². The maximum Gasteiger partial charge on any atom is 0.0542 e. The Hall–Kier alpha value is -0.450. The maximum absolute atomic E-state index is 4.32. The zero-order valence-electron chi connectivity index (χ0n) is 10.7. The molecule has 1 aromatic heterocycles. The van der Waals surface area contributed by atoms with Crippen LogP contribution in [0, 0.1) is 0 Å². The summed E-state index contributed by atoms with van der Waals surface area (Å²) in [7, 11) is 0. The van der Waals surface area contributed by atoms with E-state index in [2.05, 4.69) is 45.0 Å². The molecule has 0 radical (unpaired) electrons. The zero-order chi connectivity index (χ0) is 12.5. The van der Waals surface area contributed by atoms with Crippen LogP contribution in [0.1, 0.15) is 26.0 Å². The molecule has 0 bridgehead atoms. The highest BCUT2D eigenvalue weighted by molar-refractivity contribution is 9.10. The molecule has 0 spiro atoms. The van der Waals surface area contributed by atoms with Crippen LogP contribution in [0.3, 0.4) is 0 Å². The molecule has 0 unspecified atom stereocenters. The summed E-state index contributed by atoms with van der Waals surface area (Å²) in [6.45, 7) is 9.79. The van der Waals surface area contributed by atoms with E-state index < -0.39 is 0 Å². The standard InChI is InChI=1S/C13H22BrN3/c1-3-17(4-2)9-5-8-15-11-13-7-6-12(14)10-16-13/h6-7,10,15H,3-5,8-9,11H2,1-2H3. The second kappa shape index (κ2) is 8.61. The Morgan fingerprint density at radius 1 is 1.29 bits per heavy atom. The molecule has 0 aromatic carbocycles. The van der Waals surface area contributed by atoms with Crippen molar-refractivity contribution < 1.29 is 0 Å². The molecule has 4 heteroatoms. The van der Waals surface area contributed by atoms with Crippen LogP contribution in [-0.4, -0.2) is 36.1 Å². The minimum atomic E-state index is 0.853. The van der Waals surface area contributed by atoms with Crippen molar-refractivity contribution in [2.24, 2.45) is 0 Å². The van der Waals surface area contributed by atoms with E-state index in [9.17, 15) is 0 Å². The molecule has 0 aliphatic rings. The largest absolute Gasteiger partial charge is 0.311 e. The lowest BCUT2D eigenvalue weighted by Crippen LogP contribution is -2.27. The van der Waals surface area contributed by atoms with Crippen LogP contribution < -0.4 is 5.32 Å². The van der Waals surface area contributed by atoms with Gasteiger partial charge in [-0.15, -0.1) is 0 Å². The molecule has 0 atom stereocenters. The highest BCUT2D eigenvalue weighted by Gasteiger charge is 1.98. The molecule has 0 aliphatic carbocycles. The SMILES string of the molecule is CCN(CC)CCCNCc1ccc(Br)cn1. The van der Waals surface area contributed by atoms with E-state index in [0.29, 0.717) is 0 Å². The second-order valence-electron chi connectivity index (χ2n) is 4.02. The van der Waals surface area contributed by atoms with Crippen LogP contribution in [0.25, 0.3) is 0 Å². The van der Waals surface area contributed by atoms with Crippen LogP contribution in [-0.2, 0) is 6.54 Å². The number of halogens is 1. The molecule has 0 fully saturated rings. The third kappa shape index (κ3) is 6.15. The molecule has 1 aromatic rings. The van der Waals surface area contributed by atoms with Crippen LogP contribution >= 0.6 is 15.9 Å². The first-order valence-electron chi connectivity index (χ1n) is 6.29. The van der Waals surface area contributed by atoms with Crippen LogP contribution in [0.5, 0.6) is 0 Å². The summed E-state index contributed by atoms with van der Waals surface area (Å²) in [5, 5.41) is 3.42. The van der Waals surface area contributed by atoms with Gasteiger partial charge < -0.3 is 10.2 Å². The normalized spacial score (nSPS) is 11.1. The minimum absolute atomic E-state index is 0.853. The van der Waals surface area contributed by atoms with E-state index in [0.717, 1.165) is 36.3 Å². The minimum Gasteiger partial charge on any atom is -0.311 e. The van der Waals surface area contributed by atoms with Gasteiger partial charge in [0.2, 0.25) is 0 Å². The van der Waals surface area contributed by atoms with Crippen molar-refractivity contribution in [2.75, 3.05) is 26.2 Å². The number of rotatable bonds is 8. The summed E-state index contributed by atoms with van der Waals surface area (Å²) in [4.78, 5) is 6.77. The summed E-state index contributed by atoms with van der Waals surface area (Å²) in [6, 6.07) is 4.07. The van der Waals surface area contributed by atoms with Gasteiger partial charge in [0.05, 0.1) is 5.69 Å². The number of pyridine rings is 1. The molecule has 0 aliphatic heterocycles. The summed E-state index contributed by atoms with van der Waals surface area (Å²) in [6.07, 6.45) is 3.03. The van der Waals surface area contributed by atoms with Gasteiger partial charge in [-0.25, -0.2) is 0 Å². The molecule has 96 valence electrons. The monoisotopic (exact) mass is 299 g/mol. The fraction of sp³-hybridized carbons (Fsp3) is 0.615. The van der Waals surface area contributed by atoms with Crippen molar-refractivity contribution in [1.82, 2.24) is 15.2 Å². The van der Waals surface area contributed by atoms with Gasteiger partial charge in [0, 0.05) is 17.2 Å². The van der Waals surface area contributed by atoms with Crippen molar-refractivity contribution >= 4 is 15.9 Å². The Morgan fingerprint density at radius 3 is 2.65 bits per heavy atom. The molecule has 1 N–H and O–H groups in total. The summed E-state index contributed by atoms with van der Waals surface area (Å²) in [5.74, 6) is 0. The summed E-state index contributed by atoms with van der Waals surface area (Å²) in [5.41, 5.74) is 1.09. The molecule has 1 heterocycles. The third-order valence-corrected chi connectivity index (χ3v) is 3.29. The first-order valence-corrected chi connectivity index (χ1v) is 7.09. The van der Waals surface area contributed by atoms with E-state index in [1.807, 2.05) is 18.3 Å². The van der Waals surface area contributed by atoms with Crippen molar-refractivity contribution in [3.05, 3.63) is 28.5 Å². The molecule has 1 rings (SSSR count). The van der Waals surface area contributed by atoms with Crippen LogP contribution in [0.4, 0.5) is 0 Å². The smallest absolute Gasteiger partial charge is 0.0542 e. The van der Waals surface area contributed by atoms with Gasteiger partial charge in [0.15, 0.2) is 0 Å². The third-order valence-electron chi connectivity index (χ3n) is 2.82. The molecular formula is C13H22BrN3. The topological polar surface area (TPSA) is 28.2 Å². The lowest BCUT2D eigenvalue weighted by atomic mass is 10.3. The van der Waals surface area contributed by atoms with Gasteiger partial charge in [-0.05, 0) is 60.7 Å². The average Bonchev–Trinajstić information content (AvgIpc) is 2.36. The lowest BCUT2D eigenvalue weighted by Gasteiger charge is -2.17. The quantitative estimate of drug-likeness (QED) is 0.748. The highest BCUT2D eigenvalue weighted by Crippen LogP contribution is 2.06. The van der Waals surface area contributed by atoms with E-state index >= 15 is 0 Å². The average molecular weight is 300 g/mol. The Balaban J connectivity index is 2.10. The first kappa shape index (κ1) is 14.6. The highest BCUT2D eigenvalue weighted by atomic mass is 79.9. The maximum atomic E-state index is 4.32. The Kier molecular flexibility index (Phi) is 7.40. The summed E-state index contributed by atoms with van der Waals surface area (Å²) < 4.78 is 1.03. The number of nitrogens with zero attached hydrogens (tertiary/aromatic N) is 2.